The highest BCUT2D eigenvalue weighted by atomic mass is 32.1. The van der Waals surface area contributed by atoms with Gasteiger partial charge in [-0.1, -0.05) is 42.5 Å². The molecular weight excluding hydrogens is 431 g/mol. The Morgan fingerprint density at radius 1 is 0.969 bits per heavy atom. The van der Waals surface area contributed by atoms with Crippen LogP contribution in [0.2, 0.25) is 0 Å². The normalized spacial score (nSPS) is 10.3. The molecule has 0 aromatic heterocycles. The fourth-order valence-corrected chi connectivity index (χ4v) is 3.36. The molecule has 0 radical (unpaired) electrons. The number of hydrogen-bond acceptors (Lipinski definition) is 5. The van der Waals surface area contributed by atoms with Crippen LogP contribution in [0.3, 0.4) is 0 Å². The molecule has 3 aromatic carbocycles. The van der Waals surface area contributed by atoms with E-state index < -0.39 is 11.8 Å². The number of carbonyl (C=O) groups is 1. The van der Waals surface area contributed by atoms with E-state index in [1.807, 2.05) is 17.0 Å². The van der Waals surface area contributed by atoms with Gasteiger partial charge < -0.3 is 29.6 Å². The van der Waals surface area contributed by atoms with E-state index in [0.29, 0.717) is 29.7 Å². The van der Waals surface area contributed by atoms with Crippen LogP contribution in [0, 0.1) is 5.82 Å². The lowest BCUT2D eigenvalue weighted by Gasteiger charge is -2.27. The highest BCUT2D eigenvalue weighted by Gasteiger charge is 2.15. The van der Waals surface area contributed by atoms with Crippen molar-refractivity contribution >= 4 is 29.0 Å². The number of benzene rings is 3. The molecule has 0 spiro atoms. The number of nitrogens with one attached hydrogen (secondary N) is 1. The lowest BCUT2D eigenvalue weighted by molar-refractivity contribution is -0.255. The summed E-state index contributed by atoms with van der Waals surface area (Å²) in [5.41, 5.74) is 2.08. The number of methoxy groups -OCH3 is 2. The maximum atomic E-state index is 14.1. The third-order valence-electron chi connectivity index (χ3n) is 4.79. The first-order valence-electron chi connectivity index (χ1n) is 9.73. The van der Waals surface area contributed by atoms with Gasteiger partial charge in [0, 0.05) is 13.1 Å². The molecule has 166 valence electrons. The summed E-state index contributed by atoms with van der Waals surface area (Å²) in [4.78, 5) is 12.9. The zero-order valence-corrected chi connectivity index (χ0v) is 18.4. The summed E-state index contributed by atoms with van der Waals surface area (Å²) in [5.74, 6) is -0.473. The number of nitrogens with zero attached hydrogens (tertiary/aromatic N) is 1. The van der Waals surface area contributed by atoms with Crippen molar-refractivity contribution in [2.24, 2.45) is 0 Å². The van der Waals surface area contributed by atoms with Gasteiger partial charge in [-0.2, -0.15) is 0 Å². The van der Waals surface area contributed by atoms with Gasteiger partial charge in [0.15, 0.2) is 16.6 Å². The SMILES string of the molecule is COc1ccc(CN(Cc2ccc(C(=O)[O-])cc2)C(=S)Nc2ccccc2F)cc1OC. The summed E-state index contributed by atoms with van der Waals surface area (Å²) >= 11 is 5.58. The Morgan fingerprint density at radius 3 is 2.22 bits per heavy atom. The van der Waals surface area contributed by atoms with E-state index >= 15 is 0 Å². The number of anilines is 1. The van der Waals surface area contributed by atoms with Gasteiger partial charge in [0.2, 0.25) is 0 Å². The minimum absolute atomic E-state index is 0.0900. The topological polar surface area (TPSA) is 73.9 Å². The molecule has 3 rings (SSSR count). The van der Waals surface area contributed by atoms with E-state index in [0.717, 1.165) is 11.1 Å². The van der Waals surface area contributed by atoms with Crippen molar-refractivity contribution in [1.82, 2.24) is 4.90 Å². The van der Waals surface area contributed by atoms with Crippen LogP contribution in [0.4, 0.5) is 10.1 Å². The molecule has 0 saturated carbocycles. The number of carbonyl (C=O) groups excluding carboxylic acids is 1. The third-order valence-corrected chi connectivity index (χ3v) is 5.15. The van der Waals surface area contributed by atoms with Crippen LogP contribution < -0.4 is 19.9 Å². The van der Waals surface area contributed by atoms with Crippen molar-refractivity contribution in [3.63, 3.8) is 0 Å². The standard InChI is InChI=1S/C24H23FN2O4S/c1-30-21-12-9-17(13-22(21)31-2)15-27(14-16-7-10-18(11-8-16)23(28)29)24(32)26-20-6-4-3-5-19(20)25/h3-13H,14-15H2,1-2H3,(H,26,32)(H,28,29)/p-1. The highest BCUT2D eigenvalue weighted by Crippen LogP contribution is 2.28. The predicted molar refractivity (Wildman–Crippen MR) is 122 cm³/mol. The summed E-state index contributed by atoms with van der Waals surface area (Å²) in [7, 11) is 3.12. The lowest BCUT2D eigenvalue weighted by atomic mass is 10.1. The van der Waals surface area contributed by atoms with Crippen molar-refractivity contribution in [2.75, 3.05) is 19.5 Å². The minimum Gasteiger partial charge on any atom is -0.545 e. The Kier molecular flexibility index (Phi) is 7.62. The first-order valence-corrected chi connectivity index (χ1v) is 10.1. The minimum atomic E-state index is -1.24. The van der Waals surface area contributed by atoms with Crippen LogP contribution >= 0.6 is 12.2 Å². The second-order valence-electron chi connectivity index (χ2n) is 6.94. The number of ether oxygens (including phenoxy) is 2. The summed E-state index contributed by atoms with van der Waals surface area (Å²) in [5, 5.41) is 14.3. The van der Waals surface area contributed by atoms with Crippen molar-refractivity contribution in [1.29, 1.82) is 0 Å². The molecule has 8 heteroatoms. The Bertz CT molecular complexity index is 1110. The number of thiocarbonyl (C=S) groups is 1. The molecule has 3 aromatic rings. The molecule has 0 fully saturated rings. The molecule has 0 unspecified atom stereocenters. The molecule has 0 aliphatic carbocycles. The first-order chi connectivity index (χ1) is 15.4. The third kappa shape index (κ3) is 5.73. The molecule has 0 atom stereocenters. The van der Waals surface area contributed by atoms with Crippen molar-refractivity contribution in [3.05, 3.63) is 89.2 Å². The number of carboxylic acid groups (broad SMARTS) is 1. The van der Waals surface area contributed by atoms with E-state index in [2.05, 4.69) is 5.32 Å². The van der Waals surface area contributed by atoms with Crippen LogP contribution in [0.5, 0.6) is 11.5 Å². The summed E-state index contributed by atoms with van der Waals surface area (Å²) in [6, 6.07) is 18.1. The lowest BCUT2D eigenvalue weighted by Crippen LogP contribution is -2.34. The molecule has 32 heavy (non-hydrogen) atoms. The quantitative estimate of drug-likeness (QED) is 0.523. The zero-order valence-electron chi connectivity index (χ0n) is 17.6. The second-order valence-corrected chi connectivity index (χ2v) is 7.33. The number of rotatable bonds is 8. The van der Waals surface area contributed by atoms with E-state index in [4.69, 9.17) is 21.7 Å². The molecule has 0 aliphatic heterocycles. The molecule has 6 nitrogen and oxygen atoms in total. The summed E-state index contributed by atoms with van der Waals surface area (Å²) in [6.45, 7) is 0.755. The molecule has 0 amide bonds. The first kappa shape index (κ1) is 23.0. The number of hydrogen-bond donors (Lipinski definition) is 1. The molecular formula is C24H22FN2O4S-. The number of halogens is 1. The molecule has 1 N–H and O–H groups in total. The van der Waals surface area contributed by atoms with Gasteiger partial charge in [-0.15, -0.1) is 0 Å². The van der Waals surface area contributed by atoms with Crippen molar-refractivity contribution in [2.45, 2.75) is 13.1 Å². The van der Waals surface area contributed by atoms with Crippen molar-refractivity contribution in [3.8, 4) is 11.5 Å². The van der Waals surface area contributed by atoms with Gasteiger partial charge in [-0.3, -0.25) is 0 Å². The van der Waals surface area contributed by atoms with Gasteiger partial charge in [0.05, 0.1) is 25.9 Å². The molecule has 0 aliphatic rings. The number of aromatic carboxylic acids is 1. The average molecular weight is 454 g/mol. The van der Waals surface area contributed by atoms with Gasteiger partial charge in [-0.05, 0) is 53.2 Å². The second kappa shape index (κ2) is 10.6. The fourth-order valence-electron chi connectivity index (χ4n) is 3.12. The Morgan fingerprint density at radius 2 is 1.59 bits per heavy atom. The van der Waals surface area contributed by atoms with Crippen molar-refractivity contribution < 1.29 is 23.8 Å². The predicted octanol–water partition coefficient (Wildman–Crippen LogP) is 3.61. The van der Waals surface area contributed by atoms with Gasteiger partial charge in [-0.25, -0.2) is 4.39 Å². The Balaban J connectivity index is 1.86. The highest BCUT2D eigenvalue weighted by molar-refractivity contribution is 7.80. The molecule has 0 heterocycles. The maximum absolute atomic E-state index is 14.1. The number of para-hydroxylation sites is 1. The smallest absolute Gasteiger partial charge is 0.174 e. The maximum Gasteiger partial charge on any atom is 0.174 e. The zero-order chi connectivity index (χ0) is 23.1. The average Bonchev–Trinajstić information content (AvgIpc) is 2.80. The van der Waals surface area contributed by atoms with Gasteiger partial charge in [0.25, 0.3) is 0 Å². The van der Waals surface area contributed by atoms with Crippen LogP contribution in [-0.4, -0.2) is 30.2 Å². The summed E-state index contributed by atoms with van der Waals surface area (Å²) < 4.78 is 24.8. The van der Waals surface area contributed by atoms with E-state index in [1.54, 1.807) is 50.6 Å². The Labute approximate surface area is 191 Å². The van der Waals surface area contributed by atoms with Gasteiger partial charge >= 0.3 is 0 Å². The number of carboxylic acids is 1. The fraction of sp³-hybridized carbons (Fsp3) is 0.167. The van der Waals surface area contributed by atoms with E-state index in [1.165, 1.54) is 18.2 Å². The van der Waals surface area contributed by atoms with E-state index in [9.17, 15) is 14.3 Å². The van der Waals surface area contributed by atoms with Crippen LogP contribution in [0.25, 0.3) is 0 Å². The van der Waals surface area contributed by atoms with Crippen LogP contribution in [0.15, 0.2) is 66.7 Å². The largest absolute Gasteiger partial charge is 0.545 e. The Hall–Kier alpha value is -3.65. The van der Waals surface area contributed by atoms with E-state index in [-0.39, 0.29) is 11.3 Å². The monoisotopic (exact) mass is 453 g/mol. The summed E-state index contributed by atoms with van der Waals surface area (Å²) in [6.07, 6.45) is 0. The van der Waals surface area contributed by atoms with Crippen LogP contribution in [0.1, 0.15) is 21.5 Å². The molecule has 0 bridgehead atoms. The van der Waals surface area contributed by atoms with Crippen LogP contribution in [-0.2, 0) is 13.1 Å². The molecule has 0 saturated heterocycles. The van der Waals surface area contributed by atoms with Gasteiger partial charge in [0.1, 0.15) is 5.82 Å².